The van der Waals surface area contributed by atoms with Gasteiger partial charge in [0.05, 0.1) is 0 Å². The summed E-state index contributed by atoms with van der Waals surface area (Å²) in [5.41, 5.74) is 1.55. The minimum absolute atomic E-state index is 0.184. The van der Waals surface area contributed by atoms with E-state index in [2.05, 4.69) is 20.8 Å². The molecule has 1 fully saturated rings. The quantitative estimate of drug-likeness (QED) is 0.850. The Labute approximate surface area is 123 Å². The first-order chi connectivity index (χ1) is 10.3. The highest BCUT2D eigenvalue weighted by Gasteiger charge is 2.21. The number of nitrogens with one attached hydrogen (secondary N) is 2. The number of carbonyl (C=O) groups is 1. The number of hydrogen-bond donors (Lipinski definition) is 2. The van der Waals surface area contributed by atoms with E-state index < -0.39 is 0 Å². The average molecular weight is 282 g/mol. The summed E-state index contributed by atoms with van der Waals surface area (Å²) in [7, 11) is 0. The molecular formula is C16H18N4O. The summed E-state index contributed by atoms with van der Waals surface area (Å²) in [6.07, 6.45) is 3.17. The third kappa shape index (κ3) is 4.02. The molecule has 1 aliphatic carbocycles. The van der Waals surface area contributed by atoms with E-state index in [1.165, 1.54) is 18.4 Å². The molecule has 21 heavy (non-hydrogen) atoms. The van der Waals surface area contributed by atoms with Gasteiger partial charge in [-0.3, -0.25) is 4.79 Å². The fourth-order valence-electron chi connectivity index (χ4n) is 2.02. The van der Waals surface area contributed by atoms with Gasteiger partial charge < -0.3 is 10.6 Å². The van der Waals surface area contributed by atoms with Crippen LogP contribution in [-0.2, 0) is 6.42 Å². The summed E-state index contributed by atoms with van der Waals surface area (Å²) in [6.45, 7) is 0.590. The molecule has 5 heteroatoms. The first kappa shape index (κ1) is 13.5. The summed E-state index contributed by atoms with van der Waals surface area (Å²) < 4.78 is 0. The van der Waals surface area contributed by atoms with Crippen LogP contribution >= 0.6 is 0 Å². The van der Waals surface area contributed by atoms with Crippen LogP contribution in [0.1, 0.15) is 28.9 Å². The lowest BCUT2D eigenvalue weighted by Crippen LogP contribution is -2.26. The molecule has 1 heterocycles. The first-order valence-electron chi connectivity index (χ1n) is 7.23. The maximum Gasteiger partial charge on any atom is 0.271 e. The molecule has 1 saturated carbocycles. The molecule has 0 bridgehead atoms. The molecule has 1 amide bonds. The van der Waals surface area contributed by atoms with E-state index in [4.69, 9.17) is 0 Å². The molecule has 0 atom stereocenters. The van der Waals surface area contributed by atoms with E-state index in [1.807, 2.05) is 30.3 Å². The van der Waals surface area contributed by atoms with Crippen molar-refractivity contribution in [1.82, 2.24) is 15.5 Å². The summed E-state index contributed by atoms with van der Waals surface area (Å²) >= 11 is 0. The highest BCUT2D eigenvalue weighted by atomic mass is 16.1. The van der Waals surface area contributed by atoms with Crippen molar-refractivity contribution in [3.8, 4) is 0 Å². The fraction of sp³-hybridized carbons (Fsp3) is 0.312. The van der Waals surface area contributed by atoms with Gasteiger partial charge in [-0.1, -0.05) is 30.3 Å². The minimum atomic E-state index is -0.184. The SMILES string of the molecule is O=C(NCCc1ccccc1)c1ccc(NC2CC2)nn1. The molecule has 0 unspecified atom stereocenters. The van der Waals surface area contributed by atoms with E-state index in [0.717, 1.165) is 12.2 Å². The molecule has 108 valence electrons. The van der Waals surface area contributed by atoms with Crippen LogP contribution in [0.5, 0.6) is 0 Å². The molecular weight excluding hydrogens is 264 g/mol. The minimum Gasteiger partial charge on any atom is -0.366 e. The summed E-state index contributed by atoms with van der Waals surface area (Å²) in [5.74, 6) is 0.551. The fourth-order valence-corrected chi connectivity index (χ4v) is 2.02. The van der Waals surface area contributed by atoms with Gasteiger partial charge in [0.15, 0.2) is 5.69 Å². The van der Waals surface area contributed by atoms with Gasteiger partial charge in [-0.15, -0.1) is 10.2 Å². The van der Waals surface area contributed by atoms with Crippen molar-refractivity contribution in [2.45, 2.75) is 25.3 Å². The Hall–Kier alpha value is -2.43. The van der Waals surface area contributed by atoms with Crippen molar-refractivity contribution in [2.75, 3.05) is 11.9 Å². The number of benzene rings is 1. The normalized spacial score (nSPS) is 13.7. The molecule has 2 aromatic rings. The van der Waals surface area contributed by atoms with E-state index >= 15 is 0 Å². The molecule has 0 aliphatic heterocycles. The summed E-state index contributed by atoms with van der Waals surface area (Å²) in [5, 5.41) is 14.1. The van der Waals surface area contributed by atoms with Gasteiger partial charge >= 0.3 is 0 Å². The second-order valence-electron chi connectivity index (χ2n) is 5.21. The Morgan fingerprint density at radius 3 is 2.57 bits per heavy atom. The van der Waals surface area contributed by atoms with Crippen molar-refractivity contribution in [3.63, 3.8) is 0 Å². The number of anilines is 1. The van der Waals surface area contributed by atoms with Crippen molar-refractivity contribution >= 4 is 11.7 Å². The maximum atomic E-state index is 11.9. The second kappa shape index (κ2) is 6.35. The number of amides is 1. The zero-order chi connectivity index (χ0) is 14.5. The van der Waals surface area contributed by atoms with Gasteiger partial charge in [-0.25, -0.2) is 0 Å². The molecule has 0 spiro atoms. The summed E-state index contributed by atoms with van der Waals surface area (Å²) in [4.78, 5) is 11.9. The van der Waals surface area contributed by atoms with Crippen LogP contribution in [-0.4, -0.2) is 28.7 Å². The topological polar surface area (TPSA) is 66.9 Å². The Bertz CT molecular complexity index is 593. The van der Waals surface area contributed by atoms with Gasteiger partial charge in [0.1, 0.15) is 5.82 Å². The standard InChI is InChI=1S/C16H18N4O/c21-16(17-11-10-12-4-2-1-3-5-12)14-8-9-15(20-19-14)18-13-6-7-13/h1-5,8-9,13H,6-7,10-11H2,(H,17,21)(H,18,20). The smallest absolute Gasteiger partial charge is 0.271 e. The lowest BCUT2D eigenvalue weighted by Gasteiger charge is -2.06. The van der Waals surface area contributed by atoms with Crippen molar-refractivity contribution in [3.05, 3.63) is 53.7 Å². The summed E-state index contributed by atoms with van der Waals surface area (Å²) in [6, 6.07) is 14.1. The lowest BCUT2D eigenvalue weighted by atomic mass is 10.1. The van der Waals surface area contributed by atoms with Crippen molar-refractivity contribution in [1.29, 1.82) is 0 Å². The van der Waals surface area contributed by atoms with Crippen LogP contribution in [0.4, 0.5) is 5.82 Å². The monoisotopic (exact) mass is 282 g/mol. The van der Waals surface area contributed by atoms with Gasteiger partial charge in [0.2, 0.25) is 0 Å². The Kier molecular flexibility index (Phi) is 4.09. The highest BCUT2D eigenvalue weighted by Crippen LogP contribution is 2.23. The van der Waals surface area contributed by atoms with E-state index in [-0.39, 0.29) is 5.91 Å². The van der Waals surface area contributed by atoms with Gasteiger partial charge in [-0.05, 0) is 37.0 Å². The molecule has 1 aromatic carbocycles. The highest BCUT2D eigenvalue weighted by molar-refractivity contribution is 5.92. The second-order valence-corrected chi connectivity index (χ2v) is 5.21. The van der Waals surface area contributed by atoms with Crippen LogP contribution in [0.2, 0.25) is 0 Å². The first-order valence-corrected chi connectivity index (χ1v) is 7.23. The van der Waals surface area contributed by atoms with E-state index in [9.17, 15) is 4.79 Å². The maximum absolute atomic E-state index is 11.9. The van der Waals surface area contributed by atoms with Gasteiger partial charge in [0.25, 0.3) is 5.91 Å². The Morgan fingerprint density at radius 2 is 1.90 bits per heavy atom. The average Bonchev–Trinajstić information content (AvgIpc) is 3.33. The number of rotatable bonds is 6. The number of aromatic nitrogens is 2. The van der Waals surface area contributed by atoms with Gasteiger partial charge in [-0.2, -0.15) is 0 Å². The van der Waals surface area contributed by atoms with Gasteiger partial charge in [0, 0.05) is 12.6 Å². The van der Waals surface area contributed by atoms with E-state index in [0.29, 0.717) is 18.3 Å². The number of nitrogens with zero attached hydrogens (tertiary/aromatic N) is 2. The molecule has 0 saturated heterocycles. The number of hydrogen-bond acceptors (Lipinski definition) is 4. The molecule has 5 nitrogen and oxygen atoms in total. The molecule has 0 radical (unpaired) electrons. The Morgan fingerprint density at radius 1 is 1.10 bits per heavy atom. The van der Waals surface area contributed by atoms with Crippen molar-refractivity contribution in [2.24, 2.45) is 0 Å². The molecule has 1 aromatic heterocycles. The zero-order valence-corrected chi connectivity index (χ0v) is 11.7. The molecule has 1 aliphatic rings. The Balaban J connectivity index is 1.48. The predicted molar refractivity (Wildman–Crippen MR) is 81.2 cm³/mol. The molecule has 2 N–H and O–H groups in total. The van der Waals surface area contributed by atoms with Crippen LogP contribution in [0.3, 0.4) is 0 Å². The van der Waals surface area contributed by atoms with Crippen molar-refractivity contribution < 1.29 is 4.79 Å². The number of carbonyl (C=O) groups excluding carboxylic acids is 1. The lowest BCUT2D eigenvalue weighted by molar-refractivity contribution is 0.0948. The van der Waals surface area contributed by atoms with E-state index in [1.54, 1.807) is 12.1 Å². The van der Waals surface area contributed by atoms with Crippen LogP contribution < -0.4 is 10.6 Å². The molecule has 3 rings (SSSR count). The predicted octanol–water partition coefficient (Wildman–Crippen LogP) is 2.02. The van der Waals surface area contributed by atoms with Crippen LogP contribution in [0.25, 0.3) is 0 Å². The van der Waals surface area contributed by atoms with Crippen LogP contribution in [0.15, 0.2) is 42.5 Å². The zero-order valence-electron chi connectivity index (χ0n) is 11.7. The third-order valence-corrected chi connectivity index (χ3v) is 3.37. The largest absolute Gasteiger partial charge is 0.366 e. The van der Waals surface area contributed by atoms with Crippen LogP contribution in [0, 0.1) is 0 Å². The third-order valence-electron chi connectivity index (χ3n) is 3.37.